The van der Waals surface area contributed by atoms with E-state index in [1.807, 2.05) is 24.0 Å². The van der Waals surface area contributed by atoms with Crippen molar-refractivity contribution in [1.82, 2.24) is 15.0 Å². The summed E-state index contributed by atoms with van der Waals surface area (Å²) >= 11 is 1.64. The third-order valence-electron chi connectivity index (χ3n) is 3.76. The number of hydrogen-bond acceptors (Lipinski definition) is 5. The average Bonchev–Trinajstić information content (AvgIpc) is 3.15. The maximum absolute atomic E-state index is 12.8. The fourth-order valence-electron chi connectivity index (χ4n) is 2.78. The zero-order valence-corrected chi connectivity index (χ0v) is 13.6. The van der Waals surface area contributed by atoms with Gasteiger partial charge in [-0.05, 0) is 37.7 Å². The average molecular weight is 317 g/mol. The lowest BCUT2D eigenvalue weighted by Gasteiger charge is -2.22. The summed E-state index contributed by atoms with van der Waals surface area (Å²) in [4.78, 5) is 19.0. The molecule has 0 aliphatic carbocycles. The van der Waals surface area contributed by atoms with Crippen molar-refractivity contribution in [3.8, 4) is 0 Å². The molecule has 0 unspecified atom stereocenters. The molecule has 1 saturated heterocycles. The Bertz CT molecular complexity index is 671. The third-order valence-corrected chi connectivity index (χ3v) is 4.57. The molecule has 0 spiro atoms. The molecule has 1 aliphatic rings. The second kappa shape index (κ2) is 6.52. The first-order valence-electron chi connectivity index (χ1n) is 7.52. The topological polar surface area (TPSA) is 59.2 Å². The van der Waals surface area contributed by atoms with Crippen molar-refractivity contribution >= 4 is 17.7 Å². The van der Waals surface area contributed by atoms with E-state index in [4.69, 9.17) is 4.52 Å². The van der Waals surface area contributed by atoms with E-state index in [1.165, 1.54) is 0 Å². The predicted octanol–water partition coefficient (Wildman–Crippen LogP) is 3.47. The van der Waals surface area contributed by atoms with Gasteiger partial charge in [0.1, 0.15) is 0 Å². The van der Waals surface area contributed by atoms with Crippen LogP contribution in [0.3, 0.4) is 0 Å². The summed E-state index contributed by atoms with van der Waals surface area (Å²) in [6.07, 6.45) is 3.61. The number of carbonyl (C=O) groups is 1. The fraction of sp³-hybridized carbons (Fsp3) is 0.438. The zero-order valence-electron chi connectivity index (χ0n) is 12.8. The van der Waals surface area contributed by atoms with Crippen LogP contribution >= 0.6 is 11.8 Å². The van der Waals surface area contributed by atoms with E-state index in [9.17, 15) is 4.79 Å². The molecule has 2 aromatic heterocycles. The van der Waals surface area contributed by atoms with Crippen molar-refractivity contribution in [2.45, 2.75) is 37.8 Å². The molecular formula is C16H19N3O2S. The summed E-state index contributed by atoms with van der Waals surface area (Å²) in [6.45, 7) is 4.72. The zero-order chi connectivity index (χ0) is 15.5. The second-order valence-corrected chi connectivity index (χ2v) is 6.63. The quantitative estimate of drug-likeness (QED) is 0.808. The number of aryl methyl sites for hydroxylation is 1. The second-order valence-electron chi connectivity index (χ2n) is 5.34. The molecule has 2 aromatic rings. The van der Waals surface area contributed by atoms with Gasteiger partial charge in [0, 0.05) is 24.4 Å². The molecule has 1 atom stereocenters. The van der Waals surface area contributed by atoms with E-state index in [0.29, 0.717) is 5.56 Å². The summed E-state index contributed by atoms with van der Waals surface area (Å²) < 4.78 is 5.37. The van der Waals surface area contributed by atoms with E-state index in [1.54, 1.807) is 24.0 Å². The first kappa shape index (κ1) is 15.1. The van der Waals surface area contributed by atoms with Gasteiger partial charge < -0.3 is 9.42 Å². The normalized spacial score (nSPS) is 17.9. The van der Waals surface area contributed by atoms with Gasteiger partial charge in [-0.15, -0.1) is 11.8 Å². The maximum atomic E-state index is 12.8. The van der Waals surface area contributed by atoms with Crippen LogP contribution in [0.1, 0.15) is 47.6 Å². The van der Waals surface area contributed by atoms with Crippen molar-refractivity contribution in [3.63, 3.8) is 0 Å². The molecule has 3 rings (SSSR count). The molecule has 0 bridgehead atoms. The highest BCUT2D eigenvalue weighted by Crippen LogP contribution is 2.33. The van der Waals surface area contributed by atoms with E-state index < -0.39 is 0 Å². The molecule has 116 valence electrons. The van der Waals surface area contributed by atoms with Crippen molar-refractivity contribution in [1.29, 1.82) is 0 Å². The lowest BCUT2D eigenvalue weighted by molar-refractivity contribution is 0.0714. The van der Waals surface area contributed by atoms with Crippen LogP contribution in [0.2, 0.25) is 0 Å². The lowest BCUT2D eigenvalue weighted by atomic mass is 10.1. The van der Waals surface area contributed by atoms with E-state index >= 15 is 0 Å². The van der Waals surface area contributed by atoms with Crippen LogP contribution in [-0.2, 0) is 0 Å². The van der Waals surface area contributed by atoms with Crippen LogP contribution in [0.15, 0.2) is 33.9 Å². The third kappa shape index (κ3) is 3.02. The van der Waals surface area contributed by atoms with Gasteiger partial charge in [0.05, 0.1) is 16.8 Å². The highest BCUT2D eigenvalue weighted by molar-refractivity contribution is 7.99. The Balaban J connectivity index is 1.83. The van der Waals surface area contributed by atoms with Gasteiger partial charge in [0.15, 0.2) is 5.76 Å². The lowest BCUT2D eigenvalue weighted by Crippen LogP contribution is -2.30. The molecular weight excluding hydrogens is 298 g/mol. The maximum Gasteiger partial charge on any atom is 0.254 e. The fourth-order valence-corrected chi connectivity index (χ4v) is 3.42. The molecule has 0 aromatic carbocycles. The van der Waals surface area contributed by atoms with Crippen LogP contribution in [-0.4, -0.2) is 33.2 Å². The van der Waals surface area contributed by atoms with E-state index in [-0.39, 0.29) is 11.9 Å². The Morgan fingerprint density at radius 3 is 3.09 bits per heavy atom. The van der Waals surface area contributed by atoms with Crippen LogP contribution in [0, 0.1) is 6.92 Å². The van der Waals surface area contributed by atoms with Gasteiger partial charge in [-0.2, -0.15) is 0 Å². The highest BCUT2D eigenvalue weighted by atomic mass is 32.2. The number of amides is 1. The first-order chi connectivity index (χ1) is 10.7. The summed E-state index contributed by atoms with van der Waals surface area (Å²) in [5.41, 5.74) is 1.54. The van der Waals surface area contributed by atoms with Crippen molar-refractivity contribution in [3.05, 3.63) is 41.4 Å². The number of likely N-dealkylation sites (tertiary alicyclic amines) is 1. The van der Waals surface area contributed by atoms with E-state index in [2.05, 4.69) is 17.1 Å². The summed E-state index contributed by atoms with van der Waals surface area (Å²) in [7, 11) is 0. The molecule has 1 amide bonds. The number of nitrogens with zero attached hydrogens (tertiary/aromatic N) is 3. The first-order valence-corrected chi connectivity index (χ1v) is 8.50. The Hall–Kier alpha value is -1.82. The van der Waals surface area contributed by atoms with Gasteiger partial charge in [-0.1, -0.05) is 12.1 Å². The number of pyridine rings is 1. The van der Waals surface area contributed by atoms with Crippen LogP contribution in [0.25, 0.3) is 0 Å². The van der Waals surface area contributed by atoms with Crippen molar-refractivity contribution in [2.24, 2.45) is 0 Å². The monoisotopic (exact) mass is 317 g/mol. The summed E-state index contributed by atoms with van der Waals surface area (Å²) in [5, 5.41) is 4.83. The molecule has 1 aliphatic heterocycles. The van der Waals surface area contributed by atoms with Crippen molar-refractivity contribution < 1.29 is 9.32 Å². The van der Waals surface area contributed by atoms with Gasteiger partial charge in [-0.25, -0.2) is 4.98 Å². The molecule has 0 N–H and O–H groups in total. The number of hydrogen-bond donors (Lipinski definition) is 0. The smallest absolute Gasteiger partial charge is 0.254 e. The molecule has 6 heteroatoms. The van der Waals surface area contributed by atoms with E-state index in [0.717, 1.165) is 41.6 Å². The number of rotatable bonds is 4. The predicted molar refractivity (Wildman–Crippen MR) is 84.9 cm³/mol. The number of carbonyl (C=O) groups excluding carboxylic acids is 1. The van der Waals surface area contributed by atoms with Gasteiger partial charge in [0.2, 0.25) is 0 Å². The largest absolute Gasteiger partial charge is 0.359 e. The van der Waals surface area contributed by atoms with Crippen molar-refractivity contribution in [2.75, 3.05) is 12.3 Å². The SMILES string of the molecule is CCSc1cc(C(=O)N2CCC[C@H]2c2cc(C)no2)ccn1. The minimum Gasteiger partial charge on any atom is -0.359 e. The van der Waals surface area contributed by atoms with Crippen LogP contribution in [0.5, 0.6) is 0 Å². The Morgan fingerprint density at radius 2 is 2.36 bits per heavy atom. The molecule has 5 nitrogen and oxygen atoms in total. The van der Waals surface area contributed by atoms with Gasteiger partial charge >= 0.3 is 0 Å². The standard InChI is InChI=1S/C16H19N3O2S/c1-3-22-15-10-12(6-7-17-15)16(20)19-8-4-5-13(19)14-9-11(2)18-21-14/h6-7,9-10,13H,3-5,8H2,1-2H3/t13-/m0/s1. The molecule has 22 heavy (non-hydrogen) atoms. The van der Waals surface area contributed by atoms with Gasteiger partial charge in [0.25, 0.3) is 5.91 Å². The Labute approximate surface area is 134 Å². The summed E-state index contributed by atoms with van der Waals surface area (Å²) in [5.74, 6) is 1.76. The highest BCUT2D eigenvalue weighted by Gasteiger charge is 2.33. The number of aromatic nitrogens is 2. The molecule has 1 fully saturated rings. The van der Waals surface area contributed by atoms with Gasteiger partial charge in [-0.3, -0.25) is 4.79 Å². The minimum absolute atomic E-state index is 0.0101. The Kier molecular flexibility index (Phi) is 4.47. The number of thioether (sulfide) groups is 1. The van der Waals surface area contributed by atoms with Crippen LogP contribution < -0.4 is 0 Å². The molecule has 3 heterocycles. The van der Waals surface area contributed by atoms with Crippen LogP contribution in [0.4, 0.5) is 0 Å². The molecule has 0 radical (unpaired) electrons. The molecule has 0 saturated carbocycles. The minimum atomic E-state index is -0.0101. The Morgan fingerprint density at radius 1 is 1.50 bits per heavy atom. The summed E-state index contributed by atoms with van der Waals surface area (Å²) in [6, 6.07) is 5.56.